The fourth-order valence-corrected chi connectivity index (χ4v) is 3.58. The largest absolute Gasteiger partial charge is 0.492 e. The van der Waals surface area contributed by atoms with Crippen LogP contribution in [0.5, 0.6) is 5.75 Å². The smallest absolute Gasteiger partial charge is 0.235 e. The van der Waals surface area contributed by atoms with Crippen LogP contribution in [0.25, 0.3) is 0 Å². The van der Waals surface area contributed by atoms with E-state index < -0.39 is 5.41 Å². The van der Waals surface area contributed by atoms with Gasteiger partial charge in [-0.15, -0.1) is 0 Å². The molecular weight excluding hydrogens is 369 g/mol. The fourth-order valence-electron chi connectivity index (χ4n) is 3.35. The molecule has 1 aliphatic heterocycles. The maximum absolute atomic E-state index is 14.5. The van der Waals surface area contributed by atoms with Gasteiger partial charge in [-0.2, -0.15) is 0 Å². The zero-order valence-electron chi connectivity index (χ0n) is 15.3. The standard InChI is InChI=1S/C21H23ClFNO3/c1-2-11-27-19-8-7-15(14-17(19)22)24-20(25)21(9-12-26-13-10-21)16-5-3-4-6-18(16)23/h3-8,14H,2,9-13H2,1H3,(H,24,25). The van der Waals surface area contributed by atoms with Crippen LogP contribution in [0, 0.1) is 5.82 Å². The quantitative estimate of drug-likeness (QED) is 0.757. The van der Waals surface area contributed by atoms with Crippen LogP contribution in [0.1, 0.15) is 31.7 Å². The minimum atomic E-state index is -0.965. The molecule has 0 spiro atoms. The molecule has 1 aliphatic rings. The van der Waals surface area contributed by atoms with E-state index in [4.69, 9.17) is 21.1 Å². The predicted molar refractivity (Wildman–Crippen MR) is 104 cm³/mol. The van der Waals surface area contributed by atoms with Crippen molar-refractivity contribution >= 4 is 23.2 Å². The summed E-state index contributed by atoms with van der Waals surface area (Å²) in [6.07, 6.45) is 1.72. The summed E-state index contributed by atoms with van der Waals surface area (Å²) in [5, 5.41) is 3.33. The summed E-state index contributed by atoms with van der Waals surface area (Å²) in [6.45, 7) is 3.40. The molecule has 1 heterocycles. The average Bonchev–Trinajstić information content (AvgIpc) is 2.68. The van der Waals surface area contributed by atoms with Gasteiger partial charge in [-0.3, -0.25) is 4.79 Å². The van der Waals surface area contributed by atoms with Gasteiger partial charge in [0.05, 0.1) is 17.0 Å². The Morgan fingerprint density at radius 3 is 2.67 bits per heavy atom. The Hall–Kier alpha value is -2.11. The van der Waals surface area contributed by atoms with Crippen LogP contribution in [-0.2, 0) is 14.9 Å². The van der Waals surface area contributed by atoms with Gasteiger partial charge in [-0.1, -0.05) is 36.7 Å². The van der Waals surface area contributed by atoms with Crippen molar-refractivity contribution in [1.29, 1.82) is 0 Å². The molecule has 3 rings (SSSR count). The first-order chi connectivity index (χ1) is 13.1. The SMILES string of the molecule is CCCOc1ccc(NC(=O)C2(c3ccccc3F)CCOCC2)cc1Cl. The lowest BCUT2D eigenvalue weighted by Gasteiger charge is -2.36. The lowest BCUT2D eigenvalue weighted by molar-refractivity contribution is -0.125. The molecule has 0 radical (unpaired) electrons. The van der Waals surface area contributed by atoms with Crippen LogP contribution < -0.4 is 10.1 Å². The number of amides is 1. The molecule has 1 saturated heterocycles. The van der Waals surface area contributed by atoms with Crippen LogP contribution in [-0.4, -0.2) is 25.7 Å². The first kappa shape index (κ1) is 19.6. The summed E-state index contributed by atoms with van der Waals surface area (Å²) in [6, 6.07) is 11.6. The van der Waals surface area contributed by atoms with E-state index in [-0.39, 0.29) is 11.7 Å². The summed E-state index contributed by atoms with van der Waals surface area (Å²) >= 11 is 6.25. The van der Waals surface area contributed by atoms with E-state index in [0.717, 1.165) is 6.42 Å². The molecule has 0 aromatic heterocycles. The monoisotopic (exact) mass is 391 g/mol. The zero-order valence-corrected chi connectivity index (χ0v) is 16.0. The molecule has 0 unspecified atom stereocenters. The van der Waals surface area contributed by atoms with Gasteiger partial charge in [-0.25, -0.2) is 4.39 Å². The molecule has 0 saturated carbocycles. The number of halogens is 2. The van der Waals surface area contributed by atoms with Crippen molar-refractivity contribution in [3.8, 4) is 5.75 Å². The average molecular weight is 392 g/mol. The molecule has 0 atom stereocenters. The number of ether oxygens (including phenoxy) is 2. The summed E-state index contributed by atoms with van der Waals surface area (Å²) in [4.78, 5) is 13.2. The Labute approximate surface area is 163 Å². The number of carbonyl (C=O) groups is 1. The van der Waals surface area contributed by atoms with Gasteiger partial charge in [0.25, 0.3) is 0 Å². The number of rotatable bonds is 6. The third-order valence-corrected chi connectivity index (χ3v) is 5.12. The van der Waals surface area contributed by atoms with E-state index in [9.17, 15) is 9.18 Å². The minimum absolute atomic E-state index is 0.255. The molecule has 2 aromatic carbocycles. The van der Waals surface area contributed by atoms with Crippen LogP contribution in [0.2, 0.25) is 5.02 Å². The van der Waals surface area contributed by atoms with Gasteiger partial charge < -0.3 is 14.8 Å². The van der Waals surface area contributed by atoms with Crippen LogP contribution in [0.4, 0.5) is 10.1 Å². The van der Waals surface area contributed by atoms with Crippen molar-refractivity contribution in [3.05, 3.63) is 58.9 Å². The van der Waals surface area contributed by atoms with Gasteiger partial charge in [0.15, 0.2) is 0 Å². The summed E-state index contributed by atoms with van der Waals surface area (Å²) in [5.74, 6) is -0.0588. The molecule has 0 aliphatic carbocycles. The summed E-state index contributed by atoms with van der Waals surface area (Å²) in [7, 11) is 0. The van der Waals surface area contributed by atoms with Crippen LogP contribution >= 0.6 is 11.6 Å². The number of benzene rings is 2. The highest BCUT2D eigenvalue weighted by Crippen LogP contribution is 2.38. The fraction of sp³-hybridized carbons (Fsp3) is 0.381. The van der Waals surface area contributed by atoms with Crippen molar-refractivity contribution in [2.45, 2.75) is 31.6 Å². The molecule has 1 fully saturated rings. The lowest BCUT2D eigenvalue weighted by Crippen LogP contribution is -2.45. The second kappa shape index (κ2) is 8.72. The van der Waals surface area contributed by atoms with E-state index in [1.54, 1.807) is 36.4 Å². The Morgan fingerprint density at radius 2 is 2.00 bits per heavy atom. The third kappa shape index (κ3) is 4.25. The molecular formula is C21H23ClFNO3. The second-order valence-corrected chi connectivity index (χ2v) is 7.03. The Kier molecular flexibility index (Phi) is 6.34. The van der Waals surface area contributed by atoms with E-state index >= 15 is 0 Å². The number of anilines is 1. The van der Waals surface area contributed by atoms with Crippen molar-refractivity contribution in [1.82, 2.24) is 0 Å². The Balaban J connectivity index is 1.86. The van der Waals surface area contributed by atoms with Crippen molar-refractivity contribution in [3.63, 3.8) is 0 Å². The molecule has 27 heavy (non-hydrogen) atoms. The highest BCUT2D eigenvalue weighted by atomic mass is 35.5. The van der Waals surface area contributed by atoms with Gasteiger partial charge in [-0.05, 0) is 43.5 Å². The molecule has 1 amide bonds. The van der Waals surface area contributed by atoms with E-state index in [0.29, 0.717) is 54.7 Å². The Morgan fingerprint density at radius 1 is 1.26 bits per heavy atom. The van der Waals surface area contributed by atoms with Gasteiger partial charge in [0.2, 0.25) is 5.91 Å². The first-order valence-corrected chi connectivity index (χ1v) is 9.51. The molecule has 1 N–H and O–H groups in total. The second-order valence-electron chi connectivity index (χ2n) is 6.62. The predicted octanol–water partition coefficient (Wildman–Crippen LogP) is 4.95. The summed E-state index contributed by atoms with van der Waals surface area (Å²) < 4.78 is 25.5. The maximum atomic E-state index is 14.5. The van der Waals surface area contributed by atoms with Crippen LogP contribution in [0.15, 0.2) is 42.5 Å². The third-order valence-electron chi connectivity index (χ3n) is 4.82. The molecule has 6 heteroatoms. The number of carbonyl (C=O) groups excluding carboxylic acids is 1. The van der Waals surface area contributed by atoms with Gasteiger partial charge in [0.1, 0.15) is 11.6 Å². The molecule has 0 bridgehead atoms. The molecule has 4 nitrogen and oxygen atoms in total. The lowest BCUT2D eigenvalue weighted by atomic mass is 9.73. The number of hydrogen-bond donors (Lipinski definition) is 1. The number of hydrogen-bond acceptors (Lipinski definition) is 3. The highest BCUT2D eigenvalue weighted by molar-refractivity contribution is 6.32. The van der Waals surface area contributed by atoms with E-state index in [2.05, 4.69) is 5.32 Å². The van der Waals surface area contributed by atoms with Gasteiger partial charge in [0, 0.05) is 24.5 Å². The molecule has 144 valence electrons. The van der Waals surface area contributed by atoms with Crippen LogP contribution in [0.3, 0.4) is 0 Å². The van der Waals surface area contributed by atoms with E-state index in [1.165, 1.54) is 6.07 Å². The zero-order chi connectivity index (χ0) is 19.3. The first-order valence-electron chi connectivity index (χ1n) is 9.13. The summed E-state index contributed by atoms with van der Waals surface area (Å²) in [5.41, 5.74) is -0.0103. The number of nitrogens with one attached hydrogen (secondary N) is 1. The highest BCUT2D eigenvalue weighted by Gasteiger charge is 2.43. The molecule has 2 aromatic rings. The normalized spacial score (nSPS) is 16.0. The topological polar surface area (TPSA) is 47.6 Å². The van der Waals surface area contributed by atoms with Gasteiger partial charge >= 0.3 is 0 Å². The van der Waals surface area contributed by atoms with E-state index in [1.807, 2.05) is 6.92 Å². The van der Waals surface area contributed by atoms with Crippen molar-refractivity contribution in [2.75, 3.05) is 25.1 Å². The van der Waals surface area contributed by atoms with Crippen molar-refractivity contribution in [2.24, 2.45) is 0 Å². The Bertz CT molecular complexity index is 806. The van der Waals surface area contributed by atoms with Crippen molar-refractivity contribution < 1.29 is 18.7 Å². The minimum Gasteiger partial charge on any atom is -0.492 e. The maximum Gasteiger partial charge on any atom is 0.235 e.